The molecule has 0 rings (SSSR count). The summed E-state index contributed by atoms with van der Waals surface area (Å²) in [5.41, 5.74) is 0. The molecular formula is C67H125N2O6P. The summed E-state index contributed by atoms with van der Waals surface area (Å²) in [6.45, 7) is 4.55. The van der Waals surface area contributed by atoms with Crippen molar-refractivity contribution in [1.82, 2.24) is 5.32 Å². The van der Waals surface area contributed by atoms with E-state index in [1.54, 1.807) is 6.08 Å². The van der Waals surface area contributed by atoms with Gasteiger partial charge in [0.05, 0.1) is 39.9 Å². The maximum atomic E-state index is 13.0. The average molecular weight is 1090 g/mol. The van der Waals surface area contributed by atoms with E-state index < -0.39 is 20.0 Å². The van der Waals surface area contributed by atoms with E-state index in [0.29, 0.717) is 17.4 Å². The van der Waals surface area contributed by atoms with Crippen LogP contribution in [0.2, 0.25) is 0 Å². The number of carbonyl (C=O) groups excluding carboxylic acids is 1. The molecule has 76 heavy (non-hydrogen) atoms. The van der Waals surface area contributed by atoms with Gasteiger partial charge >= 0.3 is 0 Å². The van der Waals surface area contributed by atoms with Crippen molar-refractivity contribution in [2.45, 2.75) is 309 Å². The fourth-order valence-electron chi connectivity index (χ4n) is 9.42. The van der Waals surface area contributed by atoms with Crippen molar-refractivity contribution in [3.05, 3.63) is 72.9 Å². The minimum absolute atomic E-state index is 0.00620. The van der Waals surface area contributed by atoms with Gasteiger partial charge in [0.25, 0.3) is 7.82 Å². The van der Waals surface area contributed by atoms with Crippen LogP contribution in [0, 0.1) is 0 Å². The van der Waals surface area contributed by atoms with Crippen LogP contribution in [0.15, 0.2) is 72.9 Å². The van der Waals surface area contributed by atoms with E-state index in [0.717, 1.165) is 83.5 Å². The number of hydrogen-bond donors (Lipinski definition) is 2. The van der Waals surface area contributed by atoms with E-state index in [2.05, 4.69) is 79.9 Å². The number of amides is 1. The number of unbranched alkanes of at least 4 members (excludes halogenated alkanes) is 36. The second-order valence-corrected chi connectivity index (χ2v) is 24.5. The first kappa shape index (κ1) is 73.9. The molecule has 2 N–H and O–H groups in total. The van der Waals surface area contributed by atoms with Crippen LogP contribution in [-0.4, -0.2) is 68.5 Å². The molecule has 8 nitrogen and oxygen atoms in total. The van der Waals surface area contributed by atoms with E-state index in [-0.39, 0.29) is 19.1 Å². The largest absolute Gasteiger partial charge is 0.756 e. The third-order valence-corrected chi connectivity index (χ3v) is 15.4. The molecule has 0 saturated heterocycles. The highest BCUT2D eigenvalue weighted by Gasteiger charge is 2.23. The number of hydrogen-bond acceptors (Lipinski definition) is 6. The Kier molecular flexibility index (Phi) is 56.1. The van der Waals surface area contributed by atoms with E-state index in [9.17, 15) is 19.4 Å². The highest BCUT2D eigenvalue weighted by molar-refractivity contribution is 7.45. The molecule has 0 aliphatic heterocycles. The van der Waals surface area contributed by atoms with E-state index >= 15 is 0 Å². The summed E-state index contributed by atoms with van der Waals surface area (Å²) in [6, 6.07) is -0.899. The van der Waals surface area contributed by atoms with Gasteiger partial charge in [-0.05, 0) is 64.2 Å². The van der Waals surface area contributed by atoms with Gasteiger partial charge in [-0.3, -0.25) is 9.36 Å². The van der Waals surface area contributed by atoms with Gasteiger partial charge in [-0.1, -0.05) is 299 Å². The van der Waals surface area contributed by atoms with Crippen molar-refractivity contribution >= 4 is 13.7 Å². The number of carbonyl (C=O) groups is 1. The van der Waals surface area contributed by atoms with Gasteiger partial charge in [-0.25, -0.2) is 0 Å². The lowest BCUT2D eigenvalue weighted by atomic mass is 10.0. The molecule has 444 valence electrons. The van der Waals surface area contributed by atoms with Crippen LogP contribution in [0.1, 0.15) is 296 Å². The Morgan fingerprint density at radius 1 is 0.474 bits per heavy atom. The van der Waals surface area contributed by atoms with E-state index in [1.807, 2.05) is 27.2 Å². The first-order valence-corrected chi connectivity index (χ1v) is 33.8. The molecule has 3 atom stereocenters. The maximum absolute atomic E-state index is 13.0. The molecular weight excluding hydrogens is 960 g/mol. The molecule has 0 saturated carbocycles. The van der Waals surface area contributed by atoms with Crippen molar-refractivity contribution in [1.29, 1.82) is 0 Å². The van der Waals surface area contributed by atoms with Gasteiger partial charge < -0.3 is 28.8 Å². The summed E-state index contributed by atoms with van der Waals surface area (Å²) < 4.78 is 23.4. The topological polar surface area (TPSA) is 108 Å². The Hall–Kier alpha value is -2.06. The zero-order valence-electron chi connectivity index (χ0n) is 50.7. The number of nitrogens with one attached hydrogen (secondary N) is 1. The van der Waals surface area contributed by atoms with Gasteiger partial charge in [0.1, 0.15) is 13.2 Å². The number of likely N-dealkylation sites (N-methyl/N-ethyl adjacent to an activating group) is 1. The van der Waals surface area contributed by atoms with Crippen LogP contribution in [0.25, 0.3) is 0 Å². The Bertz CT molecular complexity index is 1470. The Labute approximate surface area is 472 Å². The first-order valence-electron chi connectivity index (χ1n) is 32.3. The van der Waals surface area contributed by atoms with Crippen LogP contribution in [0.3, 0.4) is 0 Å². The fraction of sp³-hybridized carbons (Fsp3) is 0.806. The van der Waals surface area contributed by atoms with E-state index in [1.165, 1.54) is 193 Å². The second kappa shape index (κ2) is 57.6. The minimum Gasteiger partial charge on any atom is -0.756 e. The van der Waals surface area contributed by atoms with Crippen LogP contribution in [0.5, 0.6) is 0 Å². The zero-order chi connectivity index (χ0) is 55.6. The van der Waals surface area contributed by atoms with Gasteiger partial charge in [0.15, 0.2) is 0 Å². The van der Waals surface area contributed by atoms with Crippen LogP contribution >= 0.6 is 7.82 Å². The van der Waals surface area contributed by atoms with Gasteiger partial charge in [0.2, 0.25) is 5.91 Å². The molecule has 3 unspecified atom stereocenters. The molecule has 0 bridgehead atoms. The van der Waals surface area contributed by atoms with E-state index in [4.69, 9.17) is 9.05 Å². The average Bonchev–Trinajstić information content (AvgIpc) is 3.38. The van der Waals surface area contributed by atoms with Gasteiger partial charge in [0, 0.05) is 6.42 Å². The molecule has 1 amide bonds. The van der Waals surface area contributed by atoms with Crippen LogP contribution in [0.4, 0.5) is 0 Å². The van der Waals surface area contributed by atoms with Crippen molar-refractivity contribution in [3.63, 3.8) is 0 Å². The molecule has 0 aromatic rings. The highest BCUT2D eigenvalue weighted by Crippen LogP contribution is 2.38. The summed E-state index contributed by atoms with van der Waals surface area (Å²) in [7, 11) is 1.25. The molecule has 9 heteroatoms. The number of aliphatic hydroxyl groups is 1. The number of quaternary nitrogens is 1. The zero-order valence-corrected chi connectivity index (χ0v) is 51.6. The molecule has 0 radical (unpaired) electrons. The standard InChI is InChI=1S/C67H125N2O6P/c1-6-8-10-12-14-16-18-20-22-24-26-28-30-31-32-33-34-35-36-37-39-40-42-44-46-48-50-52-54-56-58-60-66(70)65(64-75-76(72,73)74-63-62-69(3,4)5)68-67(71)61-59-57-55-53-51-49-47-45-43-41-38-29-27-25-23-21-19-17-15-13-11-9-7-2/h9,11,15,17,21,23,27,29,41,43,58,60,65-66,70H,6-8,10,12-14,16,18-20,22,24-26,28,30-40,42,44-57,59,61-64H2,1-5H3,(H-,68,71,72,73)/b11-9-,17-15-,23-21-,29-27-,43-41-,60-58+. The fourth-order valence-corrected chi connectivity index (χ4v) is 10.1. The highest BCUT2D eigenvalue weighted by atomic mass is 31.2. The quantitative estimate of drug-likeness (QED) is 0.0272. The second-order valence-electron chi connectivity index (χ2n) is 23.1. The molecule has 0 aliphatic rings. The summed E-state index contributed by atoms with van der Waals surface area (Å²) in [5, 5.41) is 13.9. The summed E-state index contributed by atoms with van der Waals surface area (Å²) in [6.07, 6.45) is 80.0. The lowest BCUT2D eigenvalue weighted by molar-refractivity contribution is -0.870. The predicted octanol–water partition coefficient (Wildman–Crippen LogP) is 19.6. The third kappa shape index (κ3) is 59.6. The molecule has 0 aromatic heterocycles. The predicted molar refractivity (Wildman–Crippen MR) is 330 cm³/mol. The van der Waals surface area contributed by atoms with Gasteiger partial charge in [-0.2, -0.15) is 0 Å². The molecule has 0 aromatic carbocycles. The Balaban J connectivity index is 4.14. The molecule has 0 aliphatic carbocycles. The summed E-state index contributed by atoms with van der Waals surface area (Å²) in [5.74, 6) is -0.208. The number of aliphatic hydroxyl groups excluding tert-OH is 1. The van der Waals surface area contributed by atoms with Crippen molar-refractivity contribution < 1.29 is 32.9 Å². The van der Waals surface area contributed by atoms with Crippen LogP contribution < -0.4 is 10.2 Å². The molecule has 0 heterocycles. The van der Waals surface area contributed by atoms with Gasteiger partial charge in [-0.15, -0.1) is 0 Å². The number of allylic oxidation sites excluding steroid dienone is 11. The minimum atomic E-state index is -4.61. The molecule has 0 fully saturated rings. The lowest BCUT2D eigenvalue weighted by Crippen LogP contribution is -2.45. The normalized spacial score (nSPS) is 14.2. The van der Waals surface area contributed by atoms with Crippen molar-refractivity contribution in [3.8, 4) is 0 Å². The van der Waals surface area contributed by atoms with Crippen molar-refractivity contribution in [2.24, 2.45) is 0 Å². The third-order valence-electron chi connectivity index (χ3n) is 14.4. The summed E-state index contributed by atoms with van der Waals surface area (Å²) in [4.78, 5) is 25.6. The number of rotatable bonds is 59. The Morgan fingerprint density at radius 2 is 0.803 bits per heavy atom. The Morgan fingerprint density at radius 3 is 1.17 bits per heavy atom. The number of nitrogens with zero attached hydrogens (tertiary/aromatic N) is 1. The first-order chi connectivity index (χ1) is 37.0. The smallest absolute Gasteiger partial charge is 0.268 e. The SMILES string of the molecule is CC/C=C\C/C=C\C/C=C\C/C=C\C/C=C\CCCCCCCCCC(=O)NC(COP(=O)([O-])OCC[N+](C)(C)C)C(O)/C=C/CCCCCCCCCCCCCCCCCCCCCCCCCCCCCCC. The van der Waals surface area contributed by atoms with Crippen LogP contribution in [-0.2, 0) is 18.4 Å². The van der Waals surface area contributed by atoms with Crippen molar-refractivity contribution in [2.75, 3.05) is 40.9 Å². The summed E-state index contributed by atoms with van der Waals surface area (Å²) >= 11 is 0. The maximum Gasteiger partial charge on any atom is 0.268 e. The lowest BCUT2D eigenvalue weighted by Gasteiger charge is -2.29. The number of phosphoric ester groups is 1. The number of phosphoric acid groups is 1. The molecule has 0 spiro atoms. The monoisotopic (exact) mass is 1080 g/mol.